The monoisotopic (exact) mass is 296 g/mol. The molecule has 1 rings (SSSR count). The summed E-state index contributed by atoms with van der Waals surface area (Å²) in [5.74, 6) is -1.39. The van der Waals surface area contributed by atoms with Gasteiger partial charge in [0.05, 0.1) is 12.2 Å². The van der Waals surface area contributed by atoms with Crippen LogP contribution in [0.5, 0.6) is 0 Å². The molecular weight excluding hydrogens is 280 g/mol. The fourth-order valence-electron chi connectivity index (χ4n) is 1.68. The Kier molecular flexibility index (Phi) is 4.71. The van der Waals surface area contributed by atoms with Crippen LogP contribution in [0.4, 0.5) is 4.79 Å². The average Bonchev–Trinajstić information content (AvgIpc) is 2.58. The molecule has 0 saturated carbocycles. The number of aliphatic carboxylic acids is 1. The second-order valence-electron chi connectivity index (χ2n) is 4.37. The summed E-state index contributed by atoms with van der Waals surface area (Å²) in [5.41, 5.74) is 0. The van der Waals surface area contributed by atoms with Gasteiger partial charge in [0.25, 0.3) is 0 Å². The van der Waals surface area contributed by atoms with Gasteiger partial charge in [-0.3, -0.25) is 4.79 Å². The van der Waals surface area contributed by atoms with E-state index in [-0.39, 0.29) is 13.0 Å². The Morgan fingerprint density at radius 3 is 2.47 bits per heavy atom. The Balaban J connectivity index is 2.81. The standard InChI is InChI=1S/C9H16N2O7S/c1-5(2)18-9(15)10-19(16,17)11-4-6(12)3-7(11)8(13)14/h5-7,12H,3-4H2,1-2H3,(H,10,15)(H,13,14). The quantitative estimate of drug-likeness (QED) is 0.598. The summed E-state index contributed by atoms with van der Waals surface area (Å²) in [6.07, 6.45) is -3.02. The van der Waals surface area contributed by atoms with Gasteiger partial charge in [-0.25, -0.2) is 9.52 Å². The number of ether oxygens (including phenoxy) is 1. The van der Waals surface area contributed by atoms with Gasteiger partial charge in [0.2, 0.25) is 0 Å². The first-order valence-corrected chi connectivity index (χ1v) is 6.98. The van der Waals surface area contributed by atoms with Crippen molar-refractivity contribution in [2.24, 2.45) is 0 Å². The van der Waals surface area contributed by atoms with Gasteiger partial charge < -0.3 is 14.9 Å². The topological polar surface area (TPSA) is 133 Å². The van der Waals surface area contributed by atoms with Crippen molar-refractivity contribution in [2.45, 2.75) is 38.5 Å². The minimum atomic E-state index is -4.36. The molecule has 1 heterocycles. The highest BCUT2D eigenvalue weighted by Crippen LogP contribution is 2.21. The molecule has 0 aromatic heterocycles. The van der Waals surface area contributed by atoms with E-state index >= 15 is 0 Å². The van der Waals surface area contributed by atoms with Crippen LogP contribution < -0.4 is 4.72 Å². The second-order valence-corrected chi connectivity index (χ2v) is 6.00. The Morgan fingerprint density at radius 2 is 2.00 bits per heavy atom. The summed E-state index contributed by atoms with van der Waals surface area (Å²) in [7, 11) is -4.36. The minimum absolute atomic E-state index is 0.227. The predicted molar refractivity (Wildman–Crippen MR) is 62.4 cm³/mol. The molecule has 0 spiro atoms. The summed E-state index contributed by atoms with van der Waals surface area (Å²) in [4.78, 5) is 22.1. The third-order valence-corrected chi connectivity index (χ3v) is 3.83. The second kappa shape index (κ2) is 5.72. The number of carbonyl (C=O) groups is 2. The molecule has 3 N–H and O–H groups in total. The largest absolute Gasteiger partial charge is 0.480 e. The zero-order valence-electron chi connectivity index (χ0n) is 10.4. The highest BCUT2D eigenvalue weighted by Gasteiger charge is 2.43. The van der Waals surface area contributed by atoms with E-state index in [2.05, 4.69) is 4.74 Å². The number of aliphatic hydroxyl groups excluding tert-OH is 1. The van der Waals surface area contributed by atoms with Crippen LogP contribution in [0, 0.1) is 0 Å². The van der Waals surface area contributed by atoms with Gasteiger partial charge in [-0.2, -0.15) is 12.7 Å². The molecule has 0 aromatic rings. The van der Waals surface area contributed by atoms with E-state index in [1.807, 2.05) is 0 Å². The fourth-order valence-corrected chi connectivity index (χ4v) is 2.93. The van der Waals surface area contributed by atoms with Crippen LogP contribution in [-0.2, 0) is 19.7 Å². The van der Waals surface area contributed by atoms with E-state index < -0.39 is 40.5 Å². The molecule has 9 nitrogen and oxygen atoms in total. The van der Waals surface area contributed by atoms with Crippen molar-refractivity contribution in [3.63, 3.8) is 0 Å². The van der Waals surface area contributed by atoms with Crippen LogP contribution in [-0.4, -0.2) is 59.8 Å². The van der Waals surface area contributed by atoms with Crippen molar-refractivity contribution in [1.82, 2.24) is 9.03 Å². The number of carboxylic acids is 1. The molecule has 1 aliphatic heterocycles. The van der Waals surface area contributed by atoms with Crippen molar-refractivity contribution >= 4 is 22.3 Å². The molecule has 1 amide bonds. The van der Waals surface area contributed by atoms with Crippen LogP contribution in [0.2, 0.25) is 0 Å². The van der Waals surface area contributed by atoms with Gasteiger partial charge in [-0.1, -0.05) is 0 Å². The summed E-state index contributed by atoms with van der Waals surface area (Å²) < 4.78 is 30.4. The number of carboxylic acid groups (broad SMARTS) is 1. The number of hydrogen-bond donors (Lipinski definition) is 3. The predicted octanol–water partition coefficient (Wildman–Crippen LogP) is -1.11. The van der Waals surface area contributed by atoms with Crippen molar-refractivity contribution < 1.29 is 33.0 Å². The van der Waals surface area contributed by atoms with Crippen LogP contribution >= 0.6 is 0 Å². The lowest BCUT2D eigenvalue weighted by Gasteiger charge is -2.20. The number of β-amino-alcohol motifs (C(OH)–C–C–N with tert-alkyl or cyclic N) is 1. The van der Waals surface area contributed by atoms with Crippen molar-refractivity contribution in [1.29, 1.82) is 0 Å². The van der Waals surface area contributed by atoms with E-state index in [9.17, 15) is 23.1 Å². The van der Waals surface area contributed by atoms with Crippen LogP contribution in [0.3, 0.4) is 0 Å². The number of hydrogen-bond acceptors (Lipinski definition) is 6. The number of nitrogens with zero attached hydrogens (tertiary/aromatic N) is 1. The highest BCUT2D eigenvalue weighted by molar-refractivity contribution is 7.87. The maximum atomic E-state index is 11.8. The van der Waals surface area contributed by atoms with Crippen LogP contribution in [0.1, 0.15) is 20.3 Å². The van der Waals surface area contributed by atoms with Crippen LogP contribution in [0.15, 0.2) is 0 Å². The Labute approximate surface area is 110 Å². The first-order valence-electron chi connectivity index (χ1n) is 5.54. The van der Waals surface area contributed by atoms with Gasteiger partial charge in [-0.15, -0.1) is 0 Å². The summed E-state index contributed by atoms with van der Waals surface area (Å²) >= 11 is 0. The Hall–Kier alpha value is -1.39. The average molecular weight is 296 g/mol. The first kappa shape index (κ1) is 15.7. The molecule has 10 heteroatoms. The van der Waals surface area contributed by atoms with Crippen molar-refractivity contribution in [2.75, 3.05) is 6.54 Å². The van der Waals surface area contributed by atoms with Gasteiger partial charge in [0, 0.05) is 13.0 Å². The maximum Gasteiger partial charge on any atom is 0.422 e. The van der Waals surface area contributed by atoms with E-state index in [0.29, 0.717) is 4.31 Å². The number of nitrogens with one attached hydrogen (secondary N) is 1. The molecule has 0 bridgehead atoms. The summed E-state index contributed by atoms with van der Waals surface area (Å²) in [6.45, 7) is 2.68. The summed E-state index contributed by atoms with van der Waals surface area (Å²) in [5, 5.41) is 18.2. The third kappa shape index (κ3) is 4.04. The van der Waals surface area contributed by atoms with Gasteiger partial charge in [-0.05, 0) is 13.8 Å². The fraction of sp³-hybridized carbons (Fsp3) is 0.778. The zero-order chi connectivity index (χ0) is 14.8. The maximum absolute atomic E-state index is 11.8. The zero-order valence-corrected chi connectivity index (χ0v) is 11.3. The molecule has 0 aromatic carbocycles. The minimum Gasteiger partial charge on any atom is -0.480 e. The highest BCUT2D eigenvalue weighted by atomic mass is 32.2. The molecule has 1 aliphatic rings. The van der Waals surface area contributed by atoms with Gasteiger partial charge >= 0.3 is 22.3 Å². The number of aliphatic hydroxyl groups is 1. The van der Waals surface area contributed by atoms with E-state index in [1.165, 1.54) is 13.8 Å². The van der Waals surface area contributed by atoms with E-state index in [4.69, 9.17) is 5.11 Å². The lowest BCUT2D eigenvalue weighted by molar-refractivity contribution is -0.140. The first-order chi connectivity index (χ1) is 8.63. The molecule has 19 heavy (non-hydrogen) atoms. The Bertz CT molecular complexity index is 461. The number of carbonyl (C=O) groups excluding carboxylic acids is 1. The van der Waals surface area contributed by atoms with E-state index in [1.54, 1.807) is 4.72 Å². The smallest absolute Gasteiger partial charge is 0.422 e. The molecule has 1 saturated heterocycles. The van der Waals surface area contributed by atoms with Gasteiger partial charge in [0.1, 0.15) is 6.04 Å². The molecule has 110 valence electrons. The van der Waals surface area contributed by atoms with Gasteiger partial charge in [0.15, 0.2) is 0 Å². The summed E-state index contributed by atoms with van der Waals surface area (Å²) in [6, 6.07) is -1.40. The molecule has 0 radical (unpaired) electrons. The normalized spacial score (nSPS) is 24.4. The molecular formula is C9H16N2O7S. The lowest BCUT2D eigenvalue weighted by atomic mass is 10.2. The number of amides is 1. The Morgan fingerprint density at radius 1 is 1.42 bits per heavy atom. The molecule has 2 unspecified atom stereocenters. The number of rotatable bonds is 4. The molecule has 2 atom stereocenters. The van der Waals surface area contributed by atoms with Crippen molar-refractivity contribution in [3.8, 4) is 0 Å². The van der Waals surface area contributed by atoms with Crippen LogP contribution in [0.25, 0.3) is 0 Å². The third-order valence-electron chi connectivity index (χ3n) is 2.38. The lowest BCUT2D eigenvalue weighted by Crippen LogP contribution is -2.48. The van der Waals surface area contributed by atoms with Crippen molar-refractivity contribution in [3.05, 3.63) is 0 Å². The van der Waals surface area contributed by atoms with E-state index in [0.717, 1.165) is 0 Å². The molecule has 1 fully saturated rings. The SMILES string of the molecule is CC(C)OC(=O)NS(=O)(=O)N1CC(O)CC1C(=O)O. The molecule has 0 aliphatic carbocycles.